The molecule has 0 radical (unpaired) electrons. The number of carbonyl (C=O) groups excluding carboxylic acids is 1. The molecule has 112 valence electrons. The molecule has 0 spiro atoms. The SMILES string of the molecule is Cc1cccc(Cn2cc([Se]C(N)=O)c3c(N)ncnc32)c1. The molecule has 3 aromatic rings. The number of nitrogens with two attached hydrogens (primary N) is 2. The van der Waals surface area contributed by atoms with Gasteiger partial charge in [0.25, 0.3) is 0 Å². The first-order valence-corrected chi connectivity index (χ1v) is 8.38. The molecule has 1 amide bonds. The Morgan fingerprint density at radius 1 is 1.36 bits per heavy atom. The maximum atomic E-state index is 11.3. The van der Waals surface area contributed by atoms with Crippen molar-refractivity contribution >= 4 is 41.1 Å². The Bertz CT molecular complexity index is 858. The van der Waals surface area contributed by atoms with E-state index in [-0.39, 0.29) is 4.81 Å². The van der Waals surface area contributed by atoms with Crippen LogP contribution in [0.5, 0.6) is 0 Å². The number of rotatable bonds is 4. The van der Waals surface area contributed by atoms with E-state index in [0.29, 0.717) is 12.4 Å². The molecular formula is C15H15N5OSe. The fraction of sp³-hybridized carbons (Fsp3) is 0.133. The molecule has 0 atom stereocenters. The van der Waals surface area contributed by atoms with E-state index in [0.717, 1.165) is 21.1 Å². The molecule has 1 aromatic carbocycles. The minimum absolute atomic E-state index is 0.342. The Hall–Kier alpha value is -2.37. The summed E-state index contributed by atoms with van der Waals surface area (Å²) in [4.78, 5) is 19.3. The first-order chi connectivity index (χ1) is 10.5. The zero-order chi connectivity index (χ0) is 15.7. The molecule has 3 rings (SSSR count). The van der Waals surface area contributed by atoms with Crippen LogP contribution in [0.3, 0.4) is 0 Å². The third-order valence-corrected chi connectivity index (χ3v) is 4.83. The van der Waals surface area contributed by atoms with Crippen LogP contribution in [0, 0.1) is 6.92 Å². The van der Waals surface area contributed by atoms with Crippen molar-refractivity contribution in [3.63, 3.8) is 0 Å². The monoisotopic (exact) mass is 361 g/mol. The summed E-state index contributed by atoms with van der Waals surface area (Å²) < 4.78 is 2.81. The molecule has 0 aliphatic carbocycles. The van der Waals surface area contributed by atoms with Crippen molar-refractivity contribution in [2.24, 2.45) is 5.73 Å². The van der Waals surface area contributed by atoms with Gasteiger partial charge in [-0.2, -0.15) is 0 Å². The fourth-order valence-corrected chi connectivity index (χ4v) is 3.88. The van der Waals surface area contributed by atoms with Crippen LogP contribution >= 0.6 is 0 Å². The van der Waals surface area contributed by atoms with Gasteiger partial charge >= 0.3 is 133 Å². The molecule has 6 nitrogen and oxygen atoms in total. The van der Waals surface area contributed by atoms with Gasteiger partial charge in [-0.25, -0.2) is 0 Å². The second-order valence-electron chi connectivity index (χ2n) is 4.99. The van der Waals surface area contributed by atoms with Gasteiger partial charge in [0, 0.05) is 0 Å². The van der Waals surface area contributed by atoms with Crippen molar-refractivity contribution < 1.29 is 4.79 Å². The van der Waals surface area contributed by atoms with E-state index in [9.17, 15) is 4.79 Å². The molecule has 4 N–H and O–H groups in total. The number of hydrogen-bond acceptors (Lipinski definition) is 4. The summed E-state index contributed by atoms with van der Waals surface area (Å²) in [6.45, 7) is 2.71. The Labute approximate surface area is 133 Å². The number of carbonyl (C=O) groups is 1. The summed E-state index contributed by atoms with van der Waals surface area (Å²) in [5, 5.41) is 0.731. The van der Waals surface area contributed by atoms with E-state index in [1.54, 1.807) is 0 Å². The molecule has 22 heavy (non-hydrogen) atoms. The predicted molar refractivity (Wildman–Crippen MR) is 87.2 cm³/mol. The van der Waals surface area contributed by atoms with Crippen molar-refractivity contribution in [2.45, 2.75) is 13.5 Å². The van der Waals surface area contributed by atoms with Gasteiger partial charge in [0.2, 0.25) is 0 Å². The molecule has 0 saturated carbocycles. The average molecular weight is 360 g/mol. The van der Waals surface area contributed by atoms with Crippen LogP contribution in [-0.2, 0) is 6.54 Å². The van der Waals surface area contributed by atoms with Gasteiger partial charge in [0.1, 0.15) is 0 Å². The molecule has 0 aliphatic rings. The summed E-state index contributed by atoms with van der Waals surface area (Å²) in [5.74, 6) is 0.381. The van der Waals surface area contributed by atoms with Crippen molar-refractivity contribution in [1.29, 1.82) is 0 Å². The van der Waals surface area contributed by atoms with Gasteiger partial charge in [-0.3, -0.25) is 0 Å². The molecule has 0 aliphatic heterocycles. The second-order valence-corrected chi connectivity index (χ2v) is 7.18. The molecule has 0 saturated heterocycles. The van der Waals surface area contributed by atoms with Gasteiger partial charge < -0.3 is 0 Å². The molecule has 0 fully saturated rings. The number of benzene rings is 1. The van der Waals surface area contributed by atoms with Crippen molar-refractivity contribution in [3.05, 3.63) is 47.9 Å². The van der Waals surface area contributed by atoms with Gasteiger partial charge in [-0.05, 0) is 0 Å². The van der Waals surface area contributed by atoms with Crippen LogP contribution in [0.2, 0.25) is 0 Å². The van der Waals surface area contributed by atoms with E-state index < -0.39 is 15.0 Å². The third-order valence-electron chi connectivity index (χ3n) is 3.29. The zero-order valence-corrected chi connectivity index (χ0v) is 13.7. The molecule has 0 bridgehead atoms. The fourth-order valence-electron chi connectivity index (χ4n) is 2.42. The van der Waals surface area contributed by atoms with E-state index in [2.05, 4.69) is 35.1 Å². The second kappa shape index (κ2) is 5.79. The topological polar surface area (TPSA) is 99.8 Å². The van der Waals surface area contributed by atoms with Crippen molar-refractivity contribution in [1.82, 2.24) is 14.5 Å². The summed E-state index contributed by atoms with van der Waals surface area (Å²) >= 11 is -0.491. The Kier molecular flexibility index (Phi) is 3.83. The average Bonchev–Trinajstić information content (AvgIpc) is 2.77. The van der Waals surface area contributed by atoms with Gasteiger partial charge in [-0.1, -0.05) is 0 Å². The van der Waals surface area contributed by atoms with Gasteiger partial charge in [0.05, 0.1) is 0 Å². The molecule has 2 aromatic heterocycles. The minimum atomic E-state index is -0.491. The number of aryl methyl sites for hydroxylation is 1. The molecular weight excluding hydrogens is 345 g/mol. The Morgan fingerprint density at radius 2 is 2.18 bits per heavy atom. The van der Waals surface area contributed by atoms with Gasteiger partial charge in [-0.15, -0.1) is 0 Å². The van der Waals surface area contributed by atoms with E-state index in [4.69, 9.17) is 11.5 Å². The molecule has 2 heterocycles. The number of aromatic nitrogens is 3. The van der Waals surface area contributed by atoms with Crippen LogP contribution < -0.4 is 15.9 Å². The molecule has 0 unspecified atom stereocenters. The summed E-state index contributed by atoms with van der Waals surface area (Å²) in [5.41, 5.74) is 14.4. The quantitative estimate of drug-likeness (QED) is 0.672. The van der Waals surface area contributed by atoms with Crippen molar-refractivity contribution in [3.8, 4) is 0 Å². The van der Waals surface area contributed by atoms with Crippen LogP contribution in [0.15, 0.2) is 36.8 Å². The van der Waals surface area contributed by atoms with Gasteiger partial charge in [0.15, 0.2) is 0 Å². The van der Waals surface area contributed by atoms with E-state index >= 15 is 0 Å². The van der Waals surface area contributed by atoms with Crippen LogP contribution in [0.4, 0.5) is 10.6 Å². The Morgan fingerprint density at radius 3 is 2.91 bits per heavy atom. The normalized spacial score (nSPS) is 11.0. The summed E-state index contributed by atoms with van der Waals surface area (Å²) in [7, 11) is 0. The predicted octanol–water partition coefficient (Wildman–Crippen LogP) is 0.778. The molecule has 7 heteroatoms. The van der Waals surface area contributed by atoms with Crippen LogP contribution in [0.1, 0.15) is 11.1 Å². The van der Waals surface area contributed by atoms with Crippen LogP contribution in [0.25, 0.3) is 11.0 Å². The number of nitrogen functional groups attached to an aromatic ring is 1. The third kappa shape index (κ3) is 2.81. The zero-order valence-electron chi connectivity index (χ0n) is 12.0. The summed E-state index contributed by atoms with van der Waals surface area (Å²) in [6, 6.07) is 8.25. The number of fused-ring (bicyclic) bond motifs is 1. The summed E-state index contributed by atoms with van der Waals surface area (Å²) in [6.07, 6.45) is 3.34. The number of amides is 1. The van der Waals surface area contributed by atoms with Crippen molar-refractivity contribution in [2.75, 3.05) is 5.73 Å². The maximum absolute atomic E-state index is 11.3. The number of anilines is 1. The Balaban J connectivity index is 2.10. The van der Waals surface area contributed by atoms with E-state index in [1.807, 2.05) is 16.8 Å². The van der Waals surface area contributed by atoms with E-state index in [1.165, 1.54) is 11.9 Å². The van der Waals surface area contributed by atoms with Crippen LogP contribution in [-0.4, -0.2) is 34.3 Å². The number of primary amides is 1. The first kappa shape index (κ1) is 14.6. The first-order valence-electron chi connectivity index (χ1n) is 6.66. The number of hydrogen-bond donors (Lipinski definition) is 2. The number of nitrogens with zero attached hydrogens (tertiary/aromatic N) is 3. The standard InChI is InChI=1S/C15H15N5OSe/c1-9-3-2-4-10(5-9)6-20-7-11(22-15(17)21)12-13(16)18-8-19-14(12)20/h2-5,7-8H,6H2,1H3,(H2,17,21)(H2,16,18,19).